The van der Waals surface area contributed by atoms with Gasteiger partial charge >= 0.3 is 0 Å². The van der Waals surface area contributed by atoms with E-state index < -0.39 is 0 Å². The van der Waals surface area contributed by atoms with Crippen molar-refractivity contribution in [3.8, 4) is 0 Å². The molecule has 0 spiro atoms. The standard InChI is InChI=1S/C23H27N5O2/c1-2-28-22-7-13-30-16-19(22)21(25-28)15-26-9-11-27(12-10-26)23(29)18-5-6-20-17(14-18)4-3-8-24-20/h3-6,8,14H,2,7,9-13,15-16H2,1H3. The molecule has 7 nitrogen and oxygen atoms in total. The Hall–Kier alpha value is -2.77. The van der Waals surface area contributed by atoms with E-state index in [2.05, 4.69) is 21.5 Å². The number of ether oxygens (including phenoxy) is 1. The molecule has 0 radical (unpaired) electrons. The number of piperazine rings is 1. The van der Waals surface area contributed by atoms with Crippen molar-refractivity contribution in [2.24, 2.45) is 0 Å². The molecule has 4 heterocycles. The average Bonchev–Trinajstić information content (AvgIpc) is 3.16. The van der Waals surface area contributed by atoms with Crippen molar-refractivity contribution in [3.63, 3.8) is 0 Å². The number of hydrogen-bond acceptors (Lipinski definition) is 5. The van der Waals surface area contributed by atoms with Gasteiger partial charge in [-0.25, -0.2) is 0 Å². The molecule has 5 rings (SSSR count). The van der Waals surface area contributed by atoms with Crippen molar-refractivity contribution in [2.45, 2.75) is 33.0 Å². The van der Waals surface area contributed by atoms with E-state index in [1.807, 2.05) is 35.2 Å². The lowest BCUT2D eigenvalue weighted by Gasteiger charge is -2.34. The van der Waals surface area contributed by atoms with Gasteiger partial charge in [-0.2, -0.15) is 5.10 Å². The molecule has 1 saturated heterocycles. The van der Waals surface area contributed by atoms with Crippen LogP contribution in [0.2, 0.25) is 0 Å². The Labute approximate surface area is 176 Å². The summed E-state index contributed by atoms with van der Waals surface area (Å²) in [7, 11) is 0. The molecule has 1 aromatic carbocycles. The Morgan fingerprint density at radius 1 is 1.17 bits per heavy atom. The van der Waals surface area contributed by atoms with E-state index >= 15 is 0 Å². The Bertz CT molecular complexity index is 1070. The van der Waals surface area contributed by atoms with Crippen molar-refractivity contribution in [1.82, 2.24) is 24.6 Å². The predicted octanol–water partition coefficient (Wildman–Crippen LogP) is 2.48. The van der Waals surface area contributed by atoms with Gasteiger partial charge < -0.3 is 9.64 Å². The van der Waals surface area contributed by atoms with Crippen LogP contribution >= 0.6 is 0 Å². The first-order chi connectivity index (χ1) is 14.7. The zero-order valence-corrected chi connectivity index (χ0v) is 17.4. The van der Waals surface area contributed by atoms with Crippen LogP contribution in [0.5, 0.6) is 0 Å². The first-order valence-electron chi connectivity index (χ1n) is 10.7. The number of aromatic nitrogens is 3. The van der Waals surface area contributed by atoms with Crippen LogP contribution in [0.25, 0.3) is 10.9 Å². The second-order valence-corrected chi connectivity index (χ2v) is 7.97. The Morgan fingerprint density at radius 2 is 2.03 bits per heavy atom. The van der Waals surface area contributed by atoms with Gasteiger partial charge in [-0.3, -0.25) is 19.4 Å². The fourth-order valence-electron chi connectivity index (χ4n) is 4.48. The highest BCUT2D eigenvalue weighted by Crippen LogP contribution is 2.23. The number of nitrogens with zero attached hydrogens (tertiary/aromatic N) is 5. The van der Waals surface area contributed by atoms with Crippen molar-refractivity contribution >= 4 is 16.8 Å². The molecule has 2 aliphatic rings. The number of hydrogen-bond donors (Lipinski definition) is 0. The molecule has 0 aliphatic carbocycles. The maximum atomic E-state index is 13.0. The molecule has 0 atom stereocenters. The predicted molar refractivity (Wildman–Crippen MR) is 114 cm³/mol. The molecule has 1 fully saturated rings. The Balaban J connectivity index is 1.24. The normalized spacial score (nSPS) is 17.3. The number of fused-ring (bicyclic) bond motifs is 2. The van der Waals surface area contributed by atoms with Crippen LogP contribution in [0.15, 0.2) is 36.5 Å². The van der Waals surface area contributed by atoms with Gasteiger partial charge in [-0.05, 0) is 31.2 Å². The summed E-state index contributed by atoms with van der Waals surface area (Å²) in [6.45, 7) is 8.48. The number of pyridine rings is 1. The molecule has 2 aromatic heterocycles. The minimum absolute atomic E-state index is 0.0986. The molecule has 30 heavy (non-hydrogen) atoms. The summed E-state index contributed by atoms with van der Waals surface area (Å²) in [5, 5.41) is 5.84. The molecule has 7 heteroatoms. The van der Waals surface area contributed by atoms with Crippen molar-refractivity contribution in [2.75, 3.05) is 32.8 Å². The topological polar surface area (TPSA) is 63.5 Å². The summed E-state index contributed by atoms with van der Waals surface area (Å²) in [4.78, 5) is 21.7. The molecule has 156 valence electrons. The number of aryl methyl sites for hydroxylation is 1. The van der Waals surface area contributed by atoms with E-state index in [1.165, 1.54) is 11.3 Å². The summed E-state index contributed by atoms with van der Waals surface area (Å²) in [5.41, 5.74) is 5.38. The third-order valence-electron chi connectivity index (χ3n) is 6.16. The lowest BCUT2D eigenvalue weighted by atomic mass is 10.1. The van der Waals surface area contributed by atoms with E-state index in [0.717, 1.165) is 74.5 Å². The van der Waals surface area contributed by atoms with E-state index in [0.29, 0.717) is 6.61 Å². The molecular weight excluding hydrogens is 378 g/mol. The van der Waals surface area contributed by atoms with E-state index in [9.17, 15) is 4.79 Å². The summed E-state index contributed by atoms with van der Waals surface area (Å²) in [6.07, 6.45) is 2.72. The Morgan fingerprint density at radius 3 is 2.87 bits per heavy atom. The zero-order valence-electron chi connectivity index (χ0n) is 17.4. The van der Waals surface area contributed by atoms with Crippen LogP contribution < -0.4 is 0 Å². The van der Waals surface area contributed by atoms with E-state index in [4.69, 9.17) is 9.84 Å². The van der Waals surface area contributed by atoms with Crippen LogP contribution in [0, 0.1) is 0 Å². The average molecular weight is 406 g/mol. The first-order valence-corrected chi connectivity index (χ1v) is 10.7. The maximum absolute atomic E-state index is 13.0. The fraction of sp³-hybridized carbons (Fsp3) is 0.435. The van der Waals surface area contributed by atoms with Crippen LogP contribution in [-0.4, -0.2) is 63.3 Å². The first kappa shape index (κ1) is 19.2. The number of carbonyl (C=O) groups excluding carboxylic acids is 1. The zero-order chi connectivity index (χ0) is 20.5. The van der Waals surface area contributed by atoms with Gasteiger partial charge in [0.2, 0.25) is 0 Å². The van der Waals surface area contributed by atoms with Gasteiger partial charge in [0.05, 0.1) is 24.4 Å². The molecule has 0 unspecified atom stereocenters. The summed E-state index contributed by atoms with van der Waals surface area (Å²) >= 11 is 0. The molecule has 1 amide bonds. The van der Waals surface area contributed by atoms with Gasteiger partial charge in [0.1, 0.15) is 0 Å². The van der Waals surface area contributed by atoms with Crippen molar-refractivity contribution in [3.05, 3.63) is 59.0 Å². The molecule has 0 saturated carbocycles. The maximum Gasteiger partial charge on any atom is 0.253 e. The molecule has 3 aromatic rings. The largest absolute Gasteiger partial charge is 0.376 e. The summed E-state index contributed by atoms with van der Waals surface area (Å²) in [6, 6.07) is 9.65. The van der Waals surface area contributed by atoms with E-state index in [-0.39, 0.29) is 5.91 Å². The van der Waals surface area contributed by atoms with Crippen LogP contribution in [0.4, 0.5) is 0 Å². The van der Waals surface area contributed by atoms with E-state index in [1.54, 1.807) is 6.20 Å². The second kappa shape index (κ2) is 8.16. The molecule has 2 aliphatic heterocycles. The minimum Gasteiger partial charge on any atom is -0.376 e. The highest BCUT2D eigenvalue weighted by Gasteiger charge is 2.26. The number of amides is 1. The third-order valence-corrected chi connectivity index (χ3v) is 6.16. The van der Waals surface area contributed by atoms with Gasteiger partial charge in [-0.1, -0.05) is 6.07 Å². The van der Waals surface area contributed by atoms with Gasteiger partial charge in [0, 0.05) is 74.1 Å². The summed E-state index contributed by atoms with van der Waals surface area (Å²) < 4.78 is 7.81. The van der Waals surface area contributed by atoms with Crippen LogP contribution in [0.1, 0.15) is 34.2 Å². The minimum atomic E-state index is 0.0986. The quantitative estimate of drug-likeness (QED) is 0.667. The monoisotopic (exact) mass is 405 g/mol. The molecular formula is C23H27N5O2. The Kier molecular flexibility index (Phi) is 5.23. The lowest BCUT2D eigenvalue weighted by molar-refractivity contribution is 0.0624. The summed E-state index contributed by atoms with van der Waals surface area (Å²) in [5.74, 6) is 0.0986. The molecule has 0 N–H and O–H groups in total. The van der Waals surface area contributed by atoms with Crippen molar-refractivity contribution in [1.29, 1.82) is 0 Å². The highest BCUT2D eigenvalue weighted by molar-refractivity contribution is 5.98. The highest BCUT2D eigenvalue weighted by atomic mass is 16.5. The molecule has 0 bridgehead atoms. The number of benzene rings is 1. The van der Waals surface area contributed by atoms with Crippen molar-refractivity contribution < 1.29 is 9.53 Å². The number of rotatable bonds is 4. The second-order valence-electron chi connectivity index (χ2n) is 7.97. The smallest absolute Gasteiger partial charge is 0.253 e. The fourth-order valence-corrected chi connectivity index (χ4v) is 4.48. The SMILES string of the molecule is CCn1nc(CN2CCN(C(=O)c3ccc4ncccc4c3)CC2)c2c1CCOC2. The number of carbonyl (C=O) groups is 1. The third kappa shape index (κ3) is 3.59. The van der Waals surface area contributed by atoms with Crippen LogP contribution in [-0.2, 0) is 30.9 Å². The van der Waals surface area contributed by atoms with Gasteiger partial charge in [0.25, 0.3) is 5.91 Å². The van der Waals surface area contributed by atoms with Gasteiger partial charge in [0.15, 0.2) is 0 Å². The van der Waals surface area contributed by atoms with Gasteiger partial charge in [-0.15, -0.1) is 0 Å². The van der Waals surface area contributed by atoms with Crippen LogP contribution in [0.3, 0.4) is 0 Å². The lowest BCUT2D eigenvalue weighted by Crippen LogP contribution is -2.48.